The molecule has 12 aromatic carbocycles. The van der Waals surface area contributed by atoms with Gasteiger partial charge in [-0.25, -0.2) is 4.79 Å². The van der Waals surface area contributed by atoms with E-state index in [1.807, 2.05) is 6.08 Å². The Labute approximate surface area is 629 Å². The predicted octanol–water partition coefficient (Wildman–Crippen LogP) is 16.3. The van der Waals surface area contributed by atoms with Gasteiger partial charge in [-0.2, -0.15) is 0 Å². The molecule has 1 amide bonds. The average molecular weight is 1540 g/mol. The summed E-state index contributed by atoms with van der Waals surface area (Å²) < 4.78 is 15.1. The second-order valence-corrected chi connectivity index (χ2v) is 31.8. The maximum atomic E-state index is 11.2. The van der Waals surface area contributed by atoms with Crippen LogP contribution in [0.25, 0.3) is 0 Å². The van der Waals surface area contributed by atoms with Crippen molar-refractivity contribution < 1.29 is 39.4 Å². The SMILES string of the molecule is C=CCN1CCOCC1.C=CCOC(=O)N1CCOCC1.ClCCl.[Pd].c1ccc(P(c2ccccc2)c2ccccc2)cc1.c1ccc(P(c2ccccc2)c2ccccc2)cc1.c1ccc(P(c2ccccc2)c2ccccc2)cc1.c1ccc(P(c2ccccc2)c2ccccc2)cc1. The van der Waals surface area contributed by atoms with Gasteiger partial charge in [-0.05, 0) is 95.3 Å². The Morgan fingerprint density at radius 1 is 0.317 bits per heavy atom. The van der Waals surface area contributed by atoms with E-state index in [1.54, 1.807) is 11.0 Å². The number of morpholine rings is 2. The van der Waals surface area contributed by atoms with Crippen LogP contribution in [0, 0.1) is 0 Å². The molecular weight excluding hydrogens is 1450 g/mol. The van der Waals surface area contributed by atoms with Crippen molar-refractivity contribution in [1.29, 1.82) is 0 Å². The fourth-order valence-corrected chi connectivity index (χ4v) is 19.9. The minimum atomic E-state index is -0.446. The van der Waals surface area contributed by atoms with Crippen LogP contribution < -0.4 is 63.7 Å². The molecule has 0 aromatic heterocycles. The summed E-state index contributed by atoms with van der Waals surface area (Å²) in [6.45, 7) is 14.7. The van der Waals surface area contributed by atoms with Crippen molar-refractivity contribution in [2.24, 2.45) is 0 Å². The van der Waals surface area contributed by atoms with Crippen LogP contribution in [-0.4, -0.2) is 87.0 Å². The van der Waals surface area contributed by atoms with Crippen LogP contribution in [-0.2, 0) is 34.6 Å². The first-order valence-corrected chi connectivity index (χ1v) is 39.9. The minimum absolute atomic E-state index is 0. The summed E-state index contributed by atoms with van der Waals surface area (Å²) in [5.74, 6) is 0. The Kier molecular flexibility index (Phi) is 39.0. The number of benzene rings is 12. The molecule has 518 valence electrons. The molecule has 101 heavy (non-hydrogen) atoms. The zero-order chi connectivity index (χ0) is 69.7. The summed E-state index contributed by atoms with van der Waals surface area (Å²) in [5.41, 5.74) is 0. The molecule has 0 atom stereocenters. The number of hydrogen-bond donors (Lipinski definition) is 0. The number of carbonyl (C=O) groups excluding carboxylic acids is 1. The number of amides is 1. The van der Waals surface area contributed by atoms with Crippen molar-refractivity contribution >= 4 is 125 Å². The van der Waals surface area contributed by atoms with Crippen LogP contribution in [0.3, 0.4) is 0 Å². The van der Waals surface area contributed by atoms with Crippen LogP contribution in [0.4, 0.5) is 4.79 Å². The average Bonchev–Trinajstić information content (AvgIpc) is 0.847. The van der Waals surface area contributed by atoms with E-state index in [0.29, 0.717) is 26.3 Å². The van der Waals surface area contributed by atoms with E-state index in [9.17, 15) is 4.79 Å². The predicted molar refractivity (Wildman–Crippen MR) is 439 cm³/mol. The molecule has 0 saturated carbocycles. The molecule has 14 rings (SSSR count). The van der Waals surface area contributed by atoms with Gasteiger partial charge < -0.3 is 19.1 Å². The number of hydrogen-bond acceptors (Lipinski definition) is 5. The number of rotatable bonds is 16. The molecule has 2 heterocycles. The fraction of sp³-hybridized carbons (Fsp3) is 0.125. The molecule has 0 spiro atoms. The van der Waals surface area contributed by atoms with Crippen LogP contribution >= 0.6 is 54.9 Å². The van der Waals surface area contributed by atoms with Gasteiger partial charge in [0.05, 0.1) is 31.8 Å². The van der Waals surface area contributed by atoms with Gasteiger partial charge >= 0.3 is 6.09 Å². The molecule has 2 aliphatic rings. The van der Waals surface area contributed by atoms with Crippen molar-refractivity contribution in [3.8, 4) is 0 Å². The molecule has 0 radical (unpaired) electrons. The Morgan fingerprint density at radius 2 is 0.485 bits per heavy atom. The number of carbonyl (C=O) groups is 1. The third-order valence-corrected chi connectivity index (χ3v) is 25.0. The first-order valence-electron chi connectivity index (χ1n) is 33.4. The normalized spacial score (nSPS) is 12.1. The summed E-state index contributed by atoms with van der Waals surface area (Å²) in [6.07, 6.45) is 3.21. The maximum absolute atomic E-state index is 11.2. The van der Waals surface area contributed by atoms with E-state index < -0.39 is 31.7 Å². The van der Waals surface area contributed by atoms with E-state index in [2.05, 4.69) is 382 Å². The van der Waals surface area contributed by atoms with E-state index in [0.717, 1.165) is 32.8 Å². The molecule has 12 aromatic rings. The Morgan fingerprint density at radius 3 is 0.644 bits per heavy atom. The number of halogens is 2. The zero-order valence-electron chi connectivity index (χ0n) is 56.9. The van der Waals surface area contributed by atoms with Crippen LogP contribution in [0.15, 0.2) is 389 Å². The Hall–Kier alpha value is -7.77. The summed E-state index contributed by atoms with van der Waals surface area (Å²) in [7, 11) is -1.78. The van der Waals surface area contributed by atoms with Crippen LogP contribution in [0.1, 0.15) is 0 Å². The first kappa shape index (κ1) is 80.5. The molecule has 2 aliphatic heterocycles. The molecule has 2 fully saturated rings. The standard InChI is InChI=1S/4C18H15P.C8H13NO3.C7H13NO.CH2Cl2.Pd/c4*1-4-10-16(11-5-1)19(17-12-6-2-7-13-17)18-14-8-3-9-15-18;1-2-5-12-8(10)9-3-6-11-7-4-9;1-2-3-8-4-6-9-7-5-8;2-1-3;/h4*1-15H;2H,1,3-7H2;2H,1,3-7H2;1H2;. The number of ether oxygens (including phenoxy) is 3. The third-order valence-electron chi connectivity index (χ3n) is 15.3. The summed E-state index contributed by atoms with van der Waals surface area (Å²) in [5, 5.41) is 17.0. The summed E-state index contributed by atoms with van der Waals surface area (Å²) >= 11 is 9.53. The largest absolute Gasteiger partial charge is 0.445 e. The fourth-order valence-electron chi connectivity index (χ4n) is 10.6. The summed E-state index contributed by atoms with van der Waals surface area (Å²) in [4.78, 5) is 15.1. The second kappa shape index (κ2) is 48.9. The van der Waals surface area contributed by atoms with Crippen molar-refractivity contribution in [1.82, 2.24) is 9.80 Å². The maximum Gasteiger partial charge on any atom is 0.410 e. The molecule has 0 unspecified atom stereocenters. The van der Waals surface area contributed by atoms with E-state index >= 15 is 0 Å². The van der Waals surface area contributed by atoms with E-state index in [-0.39, 0.29) is 38.5 Å². The number of nitrogens with zero attached hydrogens (tertiary/aromatic N) is 2. The van der Waals surface area contributed by atoms with Gasteiger partial charge in [0.2, 0.25) is 0 Å². The van der Waals surface area contributed by atoms with Gasteiger partial charge in [0.1, 0.15) is 6.61 Å². The van der Waals surface area contributed by atoms with Gasteiger partial charge in [-0.15, -0.1) is 29.8 Å². The van der Waals surface area contributed by atoms with Gasteiger partial charge in [0.25, 0.3) is 0 Å². The van der Waals surface area contributed by atoms with Crippen LogP contribution in [0.2, 0.25) is 0 Å². The van der Waals surface area contributed by atoms with E-state index in [4.69, 9.17) is 37.4 Å². The van der Waals surface area contributed by atoms with E-state index in [1.165, 1.54) is 63.7 Å². The number of alkyl halides is 2. The molecule has 0 bridgehead atoms. The van der Waals surface area contributed by atoms with Crippen LogP contribution in [0.5, 0.6) is 0 Å². The first-order chi connectivity index (χ1) is 49.5. The van der Waals surface area contributed by atoms with Crippen molar-refractivity contribution in [2.45, 2.75) is 0 Å². The summed E-state index contributed by atoms with van der Waals surface area (Å²) in [6, 6.07) is 129. The van der Waals surface area contributed by atoms with Gasteiger partial charge in [-0.3, -0.25) is 4.90 Å². The molecular formula is C88H88Cl2N2O4P4Pd. The molecule has 0 aliphatic carbocycles. The van der Waals surface area contributed by atoms with Crippen molar-refractivity contribution in [2.75, 3.05) is 71.1 Å². The minimum Gasteiger partial charge on any atom is -0.445 e. The molecule has 13 heteroatoms. The quantitative estimate of drug-likeness (QED) is 0.0418. The Bertz CT molecular complexity index is 3210. The smallest absolute Gasteiger partial charge is 0.410 e. The molecule has 0 N–H and O–H groups in total. The molecule has 2 saturated heterocycles. The van der Waals surface area contributed by atoms with Crippen molar-refractivity contribution in [3.05, 3.63) is 389 Å². The monoisotopic (exact) mass is 1540 g/mol. The Balaban J connectivity index is 0.000000171. The van der Waals surface area contributed by atoms with Gasteiger partial charge in [0.15, 0.2) is 0 Å². The second-order valence-electron chi connectivity index (χ2n) is 22.1. The third kappa shape index (κ3) is 28.2. The topological polar surface area (TPSA) is 51.2 Å². The van der Waals surface area contributed by atoms with Crippen molar-refractivity contribution in [3.63, 3.8) is 0 Å². The van der Waals surface area contributed by atoms with Gasteiger partial charge in [0, 0.05) is 53.1 Å². The zero-order valence-corrected chi connectivity index (χ0v) is 63.5. The molecule has 6 nitrogen and oxygen atoms in total. The van der Waals surface area contributed by atoms with Gasteiger partial charge in [-0.1, -0.05) is 383 Å².